The summed E-state index contributed by atoms with van der Waals surface area (Å²) in [5, 5.41) is 9.42. The second-order valence-corrected chi connectivity index (χ2v) is 4.68. The van der Waals surface area contributed by atoms with E-state index >= 15 is 0 Å². The molecule has 0 spiro atoms. The summed E-state index contributed by atoms with van der Waals surface area (Å²) in [7, 11) is 0. The molecule has 0 aromatic rings. The number of rotatable bonds is 5. The maximum atomic E-state index is 9.42. The molecule has 0 amide bonds. The van der Waals surface area contributed by atoms with Crippen LogP contribution in [-0.4, -0.2) is 56.2 Å². The second kappa shape index (κ2) is 6.84. The summed E-state index contributed by atoms with van der Waals surface area (Å²) in [6, 6.07) is -0.507. The highest BCUT2D eigenvalue weighted by Gasteiger charge is 2.53. The zero-order valence-electron chi connectivity index (χ0n) is 12.1. The molecule has 2 atom stereocenters. The summed E-state index contributed by atoms with van der Waals surface area (Å²) in [6.07, 6.45) is 5.61. The Kier molecular flexibility index (Phi) is 5.12. The fourth-order valence-electron chi connectivity index (χ4n) is 2.67. The van der Waals surface area contributed by atoms with Gasteiger partial charge in [0.25, 0.3) is 0 Å². The molecule has 6 nitrogen and oxygen atoms in total. The van der Waals surface area contributed by atoms with Crippen LogP contribution in [0.3, 0.4) is 0 Å². The van der Waals surface area contributed by atoms with Gasteiger partial charge in [-0.3, -0.25) is 4.90 Å². The summed E-state index contributed by atoms with van der Waals surface area (Å²) in [5.74, 6) is 0.707. The van der Waals surface area contributed by atoms with Crippen molar-refractivity contribution in [1.82, 2.24) is 4.90 Å². The molecule has 20 heavy (non-hydrogen) atoms. The van der Waals surface area contributed by atoms with Crippen molar-refractivity contribution in [2.24, 2.45) is 0 Å². The lowest BCUT2D eigenvalue weighted by Gasteiger charge is -2.41. The second-order valence-electron chi connectivity index (χ2n) is 4.68. The Morgan fingerprint density at radius 3 is 2.75 bits per heavy atom. The van der Waals surface area contributed by atoms with Crippen molar-refractivity contribution in [3.05, 3.63) is 29.0 Å². The van der Waals surface area contributed by atoms with Crippen molar-refractivity contribution in [2.45, 2.75) is 25.6 Å². The molecule has 0 radical (unpaired) electrons. The molecule has 0 aromatic heterocycles. The zero-order chi connectivity index (χ0) is 14.4. The van der Waals surface area contributed by atoms with E-state index < -0.39 is 11.8 Å². The van der Waals surface area contributed by atoms with Gasteiger partial charge in [0, 0.05) is 19.7 Å². The van der Waals surface area contributed by atoms with E-state index in [0.717, 1.165) is 13.1 Å². The largest absolute Gasteiger partial charge is 0.494 e. The van der Waals surface area contributed by atoms with E-state index in [4.69, 9.17) is 14.2 Å². The van der Waals surface area contributed by atoms with E-state index in [1.54, 1.807) is 6.08 Å². The van der Waals surface area contributed by atoms with Crippen LogP contribution in [0.5, 0.6) is 0 Å². The highest BCUT2D eigenvalue weighted by molar-refractivity contribution is 5.31. The van der Waals surface area contributed by atoms with Crippen molar-refractivity contribution in [3.63, 3.8) is 0 Å². The van der Waals surface area contributed by atoms with Crippen LogP contribution in [0.4, 0.5) is 0 Å². The third-order valence-electron chi connectivity index (χ3n) is 3.55. The Morgan fingerprint density at radius 1 is 1.40 bits per heavy atom. The maximum absolute atomic E-state index is 9.42. The first-order valence-corrected chi connectivity index (χ1v) is 7.11. The van der Waals surface area contributed by atoms with Gasteiger partial charge in [-0.25, -0.2) is 0 Å². The third kappa shape index (κ3) is 2.85. The molecule has 0 N–H and O–H groups in total. The van der Waals surface area contributed by atoms with E-state index in [9.17, 15) is 5.39 Å². The SMILES string of the molecule is CCOC1=CC([N+]#N)C(OCC)(N2CCOCC2)C=C1. The number of ether oxygens (including phenoxy) is 3. The minimum absolute atomic E-state index is 0.507. The van der Waals surface area contributed by atoms with Gasteiger partial charge >= 0.3 is 6.04 Å². The minimum atomic E-state index is -0.756. The van der Waals surface area contributed by atoms with Crippen LogP contribution in [0, 0.1) is 5.39 Å². The molecular formula is C14H22N3O3+. The summed E-state index contributed by atoms with van der Waals surface area (Å²) < 4.78 is 16.8. The van der Waals surface area contributed by atoms with E-state index in [0.29, 0.717) is 32.2 Å². The van der Waals surface area contributed by atoms with Crippen LogP contribution in [0.1, 0.15) is 13.8 Å². The van der Waals surface area contributed by atoms with E-state index in [1.165, 1.54) is 0 Å². The predicted octanol–water partition coefficient (Wildman–Crippen LogP) is 1.76. The molecular weight excluding hydrogens is 258 g/mol. The van der Waals surface area contributed by atoms with Gasteiger partial charge in [0.1, 0.15) is 10.7 Å². The van der Waals surface area contributed by atoms with Gasteiger partial charge in [0.05, 0.1) is 25.9 Å². The molecule has 1 heterocycles. The van der Waals surface area contributed by atoms with E-state index in [-0.39, 0.29) is 0 Å². The van der Waals surface area contributed by atoms with Crippen LogP contribution in [0.15, 0.2) is 24.0 Å². The Bertz CT molecular complexity index is 424. The highest BCUT2D eigenvalue weighted by Crippen LogP contribution is 2.32. The summed E-state index contributed by atoms with van der Waals surface area (Å²) in [5.41, 5.74) is -0.756. The molecule has 1 aliphatic carbocycles. The first-order valence-electron chi connectivity index (χ1n) is 7.11. The fourth-order valence-corrected chi connectivity index (χ4v) is 2.67. The topological polar surface area (TPSA) is 59.1 Å². The standard InChI is InChI=1S/C14H22N3O3/c1-3-19-12-5-6-14(20-4-2,13(11-12)16-15)17-7-9-18-10-8-17/h5-6,11,13H,3-4,7-10H2,1-2H3/q+1. The molecule has 0 aromatic carbocycles. The Morgan fingerprint density at radius 2 is 2.15 bits per heavy atom. The minimum Gasteiger partial charge on any atom is -0.494 e. The van der Waals surface area contributed by atoms with Crippen LogP contribution in [0.2, 0.25) is 0 Å². The molecule has 0 saturated carbocycles. The van der Waals surface area contributed by atoms with Crippen LogP contribution in [-0.2, 0) is 14.2 Å². The molecule has 2 aliphatic rings. The summed E-state index contributed by atoms with van der Waals surface area (Å²) >= 11 is 0. The number of allylic oxidation sites excluding steroid dienone is 1. The smallest absolute Gasteiger partial charge is 0.381 e. The van der Waals surface area contributed by atoms with Gasteiger partial charge in [-0.2, -0.15) is 0 Å². The quantitative estimate of drug-likeness (QED) is 0.718. The predicted molar refractivity (Wildman–Crippen MR) is 74.5 cm³/mol. The van der Waals surface area contributed by atoms with E-state index in [1.807, 2.05) is 26.0 Å². The Labute approximate surface area is 119 Å². The molecule has 2 rings (SSSR count). The Hall–Kier alpha value is -1.42. The zero-order valence-corrected chi connectivity index (χ0v) is 12.1. The molecule has 110 valence electrons. The number of hydrogen-bond donors (Lipinski definition) is 0. The van der Waals surface area contributed by atoms with E-state index in [2.05, 4.69) is 9.88 Å². The number of nitrogens with zero attached hydrogens (tertiary/aromatic N) is 3. The van der Waals surface area contributed by atoms with Gasteiger partial charge in [0.2, 0.25) is 11.1 Å². The monoisotopic (exact) mass is 280 g/mol. The highest BCUT2D eigenvalue weighted by atomic mass is 16.5. The van der Waals surface area contributed by atoms with Gasteiger partial charge in [0.15, 0.2) is 0 Å². The van der Waals surface area contributed by atoms with Gasteiger partial charge < -0.3 is 14.2 Å². The van der Waals surface area contributed by atoms with Crippen LogP contribution >= 0.6 is 0 Å². The number of hydrogen-bond acceptors (Lipinski definition) is 5. The Balaban J connectivity index is 2.27. The lowest BCUT2D eigenvalue weighted by molar-refractivity contribution is -0.147. The molecule has 1 saturated heterocycles. The lowest BCUT2D eigenvalue weighted by Crippen LogP contribution is -2.60. The third-order valence-corrected chi connectivity index (χ3v) is 3.55. The lowest BCUT2D eigenvalue weighted by atomic mass is 9.95. The molecule has 6 heteroatoms. The van der Waals surface area contributed by atoms with Crippen molar-refractivity contribution >= 4 is 0 Å². The summed E-state index contributed by atoms with van der Waals surface area (Å²) in [4.78, 5) is 5.67. The van der Waals surface area contributed by atoms with Crippen molar-refractivity contribution in [1.29, 1.82) is 5.39 Å². The van der Waals surface area contributed by atoms with Crippen molar-refractivity contribution in [2.75, 3.05) is 39.5 Å². The van der Waals surface area contributed by atoms with Crippen molar-refractivity contribution < 1.29 is 14.2 Å². The normalized spacial score (nSPS) is 30.6. The first-order chi connectivity index (χ1) is 9.76. The van der Waals surface area contributed by atoms with Crippen LogP contribution in [0.25, 0.3) is 4.98 Å². The van der Waals surface area contributed by atoms with Gasteiger partial charge in [-0.1, -0.05) is 0 Å². The van der Waals surface area contributed by atoms with Gasteiger partial charge in [-0.05, 0) is 26.0 Å². The molecule has 1 fully saturated rings. The average Bonchev–Trinajstić information content (AvgIpc) is 2.50. The number of morpholine rings is 1. The van der Waals surface area contributed by atoms with Crippen LogP contribution < -0.4 is 0 Å². The number of diazo groups is 1. The first kappa shape index (κ1) is 15.0. The van der Waals surface area contributed by atoms with Crippen molar-refractivity contribution in [3.8, 4) is 0 Å². The maximum Gasteiger partial charge on any atom is 0.381 e. The molecule has 0 bridgehead atoms. The fraction of sp³-hybridized carbons (Fsp3) is 0.714. The summed E-state index contributed by atoms with van der Waals surface area (Å²) in [6.45, 7) is 7.77. The average molecular weight is 280 g/mol. The van der Waals surface area contributed by atoms with Gasteiger partial charge in [-0.15, -0.1) is 0 Å². The molecule has 2 unspecified atom stereocenters. The molecule has 1 aliphatic heterocycles.